The van der Waals surface area contributed by atoms with Gasteiger partial charge in [-0.25, -0.2) is 4.79 Å². The molecule has 0 N–H and O–H groups in total. The van der Waals surface area contributed by atoms with Crippen molar-refractivity contribution >= 4 is 11.9 Å². The second-order valence-corrected chi connectivity index (χ2v) is 6.82. The smallest absolute Gasteiger partial charge is 0.337 e. The standard InChI is InChI=1S/C19H25NO3/c1-20(18(21)11-13-5-3-4-6-13)17-10-9-14-7-8-15(12-16(14)17)19(22)23-2/h7-8,12-13,17H,3-6,9-11H2,1-2H3/t17-/m1/s1. The number of carbonyl (C=O) groups is 2. The molecule has 0 radical (unpaired) electrons. The van der Waals surface area contributed by atoms with E-state index < -0.39 is 0 Å². The van der Waals surface area contributed by atoms with Gasteiger partial charge in [-0.05, 0) is 54.9 Å². The van der Waals surface area contributed by atoms with Crippen molar-refractivity contribution in [2.24, 2.45) is 5.92 Å². The zero-order chi connectivity index (χ0) is 16.4. The Morgan fingerprint density at radius 1 is 1.22 bits per heavy atom. The van der Waals surface area contributed by atoms with Crippen LogP contribution in [0.3, 0.4) is 0 Å². The van der Waals surface area contributed by atoms with Gasteiger partial charge in [0.1, 0.15) is 0 Å². The lowest BCUT2D eigenvalue weighted by Crippen LogP contribution is -2.31. The Bertz CT molecular complexity index is 605. The quantitative estimate of drug-likeness (QED) is 0.799. The average molecular weight is 315 g/mol. The van der Waals surface area contributed by atoms with E-state index in [0.29, 0.717) is 17.9 Å². The van der Waals surface area contributed by atoms with Crippen molar-refractivity contribution in [1.82, 2.24) is 4.90 Å². The zero-order valence-electron chi connectivity index (χ0n) is 14.0. The van der Waals surface area contributed by atoms with E-state index in [1.165, 1.54) is 38.4 Å². The van der Waals surface area contributed by atoms with Crippen molar-refractivity contribution in [3.63, 3.8) is 0 Å². The fourth-order valence-electron chi connectivity index (χ4n) is 4.01. The molecule has 0 saturated heterocycles. The minimum Gasteiger partial charge on any atom is -0.465 e. The molecule has 2 aliphatic rings. The molecule has 0 heterocycles. The van der Waals surface area contributed by atoms with E-state index in [1.807, 2.05) is 30.1 Å². The maximum Gasteiger partial charge on any atom is 0.337 e. The predicted octanol–water partition coefficient (Wildman–Crippen LogP) is 3.50. The molecular formula is C19H25NO3. The van der Waals surface area contributed by atoms with Gasteiger partial charge in [0.05, 0.1) is 18.7 Å². The van der Waals surface area contributed by atoms with Crippen LogP contribution in [0, 0.1) is 5.92 Å². The molecule has 1 amide bonds. The number of carbonyl (C=O) groups excluding carboxylic acids is 2. The largest absolute Gasteiger partial charge is 0.465 e. The molecule has 1 atom stereocenters. The van der Waals surface area contributed by atoms with Crippen LogP contribution in [0.5, 0.6) is 0 Å². The monoisotopic (exact) mass is 315 g/mol. The van der Waals surface area contributed by atoms with Gasteiger partial charge in [-0.2, -0.15) is 0 Å². The van der Waals surface area contributed by atoms with E-state index in [9.17, 15) is 9.59 Å². The van der Waals surface area contributed by atoms with E-state index in [0.717, 1.165) is 18.4 Å². The van der Waals surface area contributed by atoms with Crippen LogP contribution in [0.15, 0.2) is 18.2 Å². The maximum absolute atomic E-state index is 12.6. The summed E-state index contributed by atoms with van der Waals surface area (Å²) >= 11 is 0. The van der Waals surface area contributed by atoms with E-state index in [-0.39, 0.29) is 17.9 Å². The lowest BCUT2D eigenvalue weighted by molar-refractivity contribution is -0.133. The number of esters is 1. The molecule has 0 aliphatic heterocycles. The molecule has 1 aromatic carbocycles. The molecule has 0 spiro atoms. The van der Waals surface area contributed by atoms with Gasteiger partial charge in [0.2, 0.25) is 5.91 Å². The van der Waals surface area contributed by atoms with Gasteiger partial charge in [0.25, 0.3) is 0 Å². The van der Waals surface area contributed by atoms with Gasteiger partial charge in [-0.15, -0.1) is 0 Å². The van der Waals surface area contributed by atoms with Crippen molar-refractivity contribution in [2.75, 3.05) is 14.2 Å². The van der Waals surface area contributed by atoms with Gasteiger partial charge >= 0.3 is 5.97 Å². The number of rotatable bonds is 4. The first-order chi connectivity index (χ1) is 11.1. The van der Waals surface area contributed by atoms with Crippen LogP contribution >= 0.6 is 0 Å². The molecular weight excluding hydrogens is 290 g/mol. The van der Waals surface area contributed by atoms with Crippen LogP contribution in [0.1, 0.15) is 66.1 Å². The van der Waals surface area contributed by atoms with Crippen molar-refractivity contribution in [1.29, 1.82) is 0 Å². The summed E-state index contributed by atoms with van der Waals surface area (Å²) in [6.45, 7) is 0. The molecule has 1 fully saturated rings. The van der Waals surface area contributed by atoms with Gasteiger partial charge in [-0.3, -0.25) is 4.79 Å². The normalized spacial score (nSPS) is 20.3. The van der Waals surface area contributed by atoms with E-state index in [4.69, 9.17) is 4.74 Å². The lowest BCUT2D eigenvalue weighted by Gasteiger charge is -2.27. The SMILES string of the molecule is COC(=O)c1ccc2c(c1)[C@H](N(C)C(=O)CC1CCCC1)CC2. The first-order valence-electron chi connectivity index (χ1n) is 8.57. The number of benzene rings is 1. The molecule has 0 aromatic heterocycles. The van der Waals surface area contributed by atoms with Gasteiger partial charge < -0.3 is 9.64 Å². The minimum atomic E-state index is -0.321. The van der Waals surface area contributed by atoms with Crippen molar-refractivity contribution < 1.29 is 14.3 Å². The average Bonchev–Trinajstić information content (AvgIpc) is 3.22. The van der Waals surface area contributed by atoms with Crippen molar-refractivity contribution in [2.45, 2.75) is 51.0 Å². The number of hydrogen-bond acceptors (Lipinski definition) is 3. The maximum atomic E-state index is 12.6. The summed E-state index contributed by atoms with van der Waals surface area (Å²) in [5.41, 5.74) is 2.91. The fourth-order valence-corrected chi connectivity index (χ4v) is 4.01. The van der Waals surface area contributed by atoms with Crippen LogP contribution in [0.25, 0.3) is 0 Å². The fraction of sp³-hybridized carbons (Fsp3) is 0.579. The first kappa shape index (κ1) is 16.0. The Hall–Kier alpha value is -1.84. The summed E-state index contributed by atoms with van der Waals surface area (Å²) in [7, 11) is 3.30. The molecule has 1 saturated carbocycles. The van der Waals surface area contributed by atoms with E-state index in [2.05, 4.69) is 0 Å². The molecule has 1 aromatic rings. The number of aryl methyl sites for hydroxylation is 1. The summed E-state index contributed by atoms with van der Waals surface area (Å²) in [6, 6.07) is 5.80. The first-order valence-corrected chi connectivity index (χ1v) is 8.57. The third kappa shape index (κ3) is 3.26. The van der Waals surface area contributed by atoms with Gasteiger partial charge in [0, 0.05) is 13.5 Å². The highest BCUT2D eigenvalue weighted by atomic mass is 16.5. The molecule has 0 unspecified atom stereocenters. The molecule has 2 aliphatic carbocycles. The highest BCUT2D eigenvalue weighted by Crippen LogP contribution is 2.37. The Balaban J connectivity index is 1.74. The lowest BCUT2D eigenvalue weighted by atomic mass is 10.0. The summed E-state index contributed by atoms with van der Waals surface area (Å²) in [5, 5.41) is 0. The summed E-state index contributed by atoms with van der Waals surface area (Å²) in [6.07, 6.45) is 7.46. The van der Waals surface area contributed by atoms with E-state index in [1.54, 1.807) is 0 Å². The molecule has 0 bridgehead atoms. The van der Waals surface area contributed by atoms with Crippen LogP contribution in [-0.4, -0.2) is 30.9 Å². The Labute approximate surface area is 137 Å². The third-order valence-corrected chi connectivity index (χ3v) is 5.41. The Morgan fingerprint density at radius 3 is 2.65 bits per heavy atom. The zero-order valence-corrected chi connectivity index (χ0v) is 14.0. The van der Waals surface area contributed by atoms with Gasteiger partial charge in [0.15, 0.2) is 0 Å². The van der Waals surface area contributed by atoms with Crippen molar-refractivity contribution in [3.05, 3.63) is 34.9 Å². The molecule has 124 valence electrons. The highest BCUT2D eigenvalue weighted by molar-refractivity contribution is 5.89. The number of fused-ring (bicyclic) bond motifs is 1. The highest BCUT2D eigenvalue weighted by Gasteiger charge is 2.30. The summed E-state index contributed by atoms with van der Waals surface area (Å²) in [5.74, 6) is 0.476. The molecule has 23 heavy (non-hydrogen) atoms. The topological polar surface area (TPSA) is 46.6 Å². The predicted molar refractivity (Wildman–Crippen MR) is 88.2 cm³/mol. The van der Waals surface area contributed by atoms with E-state index >= 15 is 0 Å². The van der Waals surface area contributed by atoms with Crippen LogP contribution < -0.4 is 0 Å². The van der Waals surface area contributed by atoms with Crippen LogP contribution in [-0.2, 0) is 16.0 Å². The third-order valence-electron chi connectivity index (χ3n) is 5.41. The number of hydrogen-bond donors (Lipinski definition) is 0. The van der Waals surface area contributed by atoms with Crippen molar-refractivity contribution in [3.8, 4) is 0 Å². The second kappa shape index (κ2) is 6.73. The number of nitrogens with zero attached hydrogens (tertiary/aromatic N) is 1. The van der Waals surface area contributed by atoms with Gasteiger partial charge in [-0.1, -0.05) is 18.9 Å². The Morgan fingerprint density at radius 2 is 1.96 bits per heavy atom. The minimum absolute atomic E-state index is 0.0866. The Kier molecular flexibility index (Phi) is 4.69. The molecule has 3 rings (SSSR count). The summed E-state index contributed by atoms with van der Waals surface area (Å²) < 4.78 is 4.81. The number of amides is 1. The molecule has 4 heteroatoms. The number of methoxy groups -OCH3 is 1. The van der Waals surface area contributed by atoms with Crippen LogP contribution in [0.2, 0.25) is 0 Å². The molecule has 4 nitrogen and oxygen atoms in total. The summed E-state index contributed by atoms with van der Waals surface area (Å²) in [4.78, 5) is 26.3. The second-order valence-electron chi connectivity index (χ2n) is 6.82. The van der Waals surface area contributed by atoms with Crippen LogP contribution in [0.4, 0.5) is 0 Å². The number of ether oxygens (including phenoxy) is 1.